The van der Waals surface area contributed by atoms with Gasteiger partial charge in [-0.2, -0.15) is 0 Å². The Morgan fingerprint density at radius 2 is 2.14 bits per heavy atom. The molecule has 1 fully saturated rings. The van der Waals surface area contributed by atoms with Gasteiger partial charge in [-0.05, 0) is 20.3 Å². The molecule has 0 aromatic rings. The number of hydrogen-bond acceptors (Lipinski definition) is 3. The van der Waals surface area contributed by atoms with E-state index in [-0.39, 0.29) is 5.60 Å². The summed E-state index contributed by atoms with van der Waals surface area (Å²) in [4.78, 5) is 0. The molecule has 1 heterocycles. The van der Waals surface area contributed by atoms with Crippen LogP contribution < -0.4 is 0 Å². The smallest absolute Gasteiger partial charge is 0.0929 e. The Morgan fingerprint density at radius 1 is 1.43 bits per heavy atom. The summed E-state index contributed by atoms with van der Waals surface area (Å²) in [5.41, 5.74) is -0.903. The molecule has 3 heteroatoms. The third kappa shape index (κ3) is 3.56. The summed E-state index contributed by atoms with van der Waals surface area (Å²) in [6.07, 6.45) is 2.33. The first kappa shape index (κ1) is 12.0. The minimum atomic E-state index is -0.684. The summed E-state index contributed by atoms with van der Waals surface area (Å²) in [7, 11) is 0. The van der Waals surface area contributed by atoms with E-state index in [2.05, 4.69) is 6.92 Å². The Balaban J connectivity index is 2.39. The second-order valence-corrected chi connectivity index (χ2v) is 4.81. The zero-order chi connectivity index (χ0) is 10.7. The molecule has 0 radical (unpaired) electrons. The fraction of sp³-hybridized carbons (Fsp3) is 1.00. The predicted molar refractivity (Wildman–Crippen MR) is 55.3 cm³/mol. The van der Waals surface area contributed by atoms with Crippen LogP contribution in [0, 0.1) is 0 Å². The van der Waals surface area contributed by atoms with E-state index in [9.17, 15) is 5.11 Å². The molecule has 1 rings (SSSR count). The van der Waals surface area contributed by atoms with Crippen molar-refractivity contribution in [3.05, 3.63) is 0 Å². The van der Waals surface area contributed by atoms with Crippen LogP contribution in [0.3, 0.4) is 0 Å². The van der Waals surface area contributed by atoms with Crippen LogP contribution >= 0.6 is 0 Å². The maximum absolute atomic E-state index is 10.2. The highest BCUT2D eigenvalue weighted by Gasteiger charge is 2.39. The van der Waals surface area contributed by atoms with Crippen LogP contribution in [0.25, 0.3) is 0 Å². The normalized spacial score (nSPS) is 31.7. The van der Waals surface area contributed by atoms with Gasteiger partial charge >= 0.3 is 0 Å². The quantitative estimate of drug-likeness (QED) is 0.706. The third-order valence-corrected chi connectivity index (χ3v) is 2.53. The van der Waals surface area contributed by atoms with Gasteiger partial charge in [0.05, 0.1) is 24.4 Å². The minimum absolute atomic E-state index is 0.220. The van der Waals surface area contributed by atoms with Crippen molar-refractivity contribution < 1.29 is 14.6 Å². The van der Waals surface area contributed by atoms with E-state index in [1.807, 2.05) is 13.8 Å². The van der Waals surface area contributed by atoms with Crippen LogP contribution in [-0.4, -0.2) is 36.1 Å². The molecule has 0 spiro atoms. The molecule has 1 aliphatic heterocycles. The van der Waals surface area contributed by atoms with E-state index in [1.165, 1.54) is 0 Å². The molecule has 3 nitrogen and oxygen atoms in total. The highest BCUT2D eigenvalue weighted by Crippen LogP contribution is 2.32. The Labute approximate surface area is 86.4 Å². The third-order valence-electron chi connectivity index (χ3n) is 2.53. The fourth-order valence-electron chi connectivity index (χ4n) is 1.98. The van der Waals surface area contributed by atoms with Crippen molar-refractivity contribution in [3.8, 4) is 0 Å². The maximum atomic E-state index is 10.2. The van der Waals surface area contributed by atoms with Gasteiger partial charge in [0.15, 0.2) is 0 Å². The van der Waals surface area contributed by atoms with Crippen molar-refractivity contribution >= 4 is 0 Å². The van der Waals surface area contributed by atoms with Crippen LogP contribution in [0.1, 0.15) is 40.0 Å². The van der Waals surface area contributed by atoms with Gasteiger partial charge in [-0.3, -0.25) is 0 Å². The molecular formula is C11H22O3. The highest BCUT2D eigenvalue weighted by atomic mass is 16.5. The van der Waals surface area contributed by atoms with E-state index in [0.717, 1.165) is 13.0 Å². The van der Waals surface area contributed by atoms with Crippen LogP contribution in [0.4, 0.5) is 0 Å². The number of ether oxygens (including phenoxy) is 2. The van der Waals surface area contributed by atoms with Crippen molar-refractivity contribution in [2.24, 2.45) is 0 Å². The zero-order valence-electron chi connectivity index (χ0n) is 9.51. The second-order valence-electron chi connectivity index (χ2n) is 4.81. The van der Waals surface area contributed by atoms with E-state index in [1.54, 1.807) is 0 Å². The maximum Gasteiger partial charge on any atom is 0.0929 e. The van der Waals surface area contributed by atoms with E-state index < -0.39 is 5.60 Å². The molecule has 0 aromatic heterocycles. The molecule has 1 aliphatic rings. The van der Waals surface area contributed by atoms with Gasteiger partial charge < -0.3 is 14.6 Å². The summed E-state index contributed by atoms with van der Waals surface area (Å²) in [5.74, 6) is 0. The molecule has 1 N–H and O–H groups in total. The number of hydrogen-bond donors (Lipinski definition) is 1. The Kier molecular flexibility index (Phi) is 3.93. The van der Waals surface area contributed by atoms with Crippen LogP contribution in [0.2, 0.25) is 0 Å². The summed E-state index contributed by atoms with van der Waals surface area (Å²) in [6.45, 7) is 7.88. The molecule has 84 valence electrons. The minimum Gasteiger partial charge on any atom is -0.387 e. The molecule has 1 saturated heterocycles. The summed E-state index contributed by atoms with van der Waals surface area (Å²) in [5, 5.41) is 10.2. The van der Waals surface area contributed by atoms with E-state index in [4.69, 9.17) is 9.47 Å². The van der Waals surface area contributed by atoms with Gasteiger partial charge in [0.25, 0.3) is 0 Å². The highest BCUT2D eigenvalue weighted by molar-refractivity contribution is 4.90. The zero-order valence-corrected chi connectivity index (χ0v) is 9.51. The SMILES string of the molecule is CCCOCC1(O)CCOC(C)(C)C1. The summed E-state index contributed by atoms with van der Waals surface area (Å²) < 4.78 is 11.0. The van der Waals surface area contributed by atoms with Gasteiger partial charge in [0, 0.05) is 19.4 Å². The van der Waals surface area contributed by atoms with Crippen LogP contribution in [-0.2, 0) is 9.47 Å². The summed E-state index contributed by atoms with van der Waals surface area (Å²) >= 11 is 0. The standard InChI is InChI=1S/C11H22O3/c1-4-6-13-9-11(12)5-7-14-10(2,3)8-11/h12H,4-9H2,1-3H3. The molecule has 0 amide bonds. The monoisotopic (exact) mass is 202 g/mol. The van der Waals surface area contributed by atoms with Crippen LogP contribution in [0.15, 0.2) is 0 Å². The van der Waals surface area contributed by atoms with Gasteiger partial charge in [-0.15, -0.1) is 0 Å². The Morgan fingerprint density at radius 3 is 2.71 bits per heavy atom. The topological polar surface area (TPSA) is 38.7 Å². The van der Waals surface area contributed by atoms with Crippen molar-refractivity contribution in [2.45, 2.75) is 51.2 Å². The average molecular weight is 202 g/mol. The predicted octanol–water partition coefficient (Wildman–Crippen LogP) is 1.73. The van der Waals surface area contributed by atoms with Crippen molar-refractivity contribution in [2.75, 3.05) is 19.8 Å². The summed E-state index contributed by atoms with van der Waals surface area (Å²) in [6, 6.07) is 0. The van der Waals surface area contributed by atoms with Gasteiger partial charge in [0.1, 0.15) is 0 Å². The Hall–Kier alpha value is -0.120. The molecule has 14 heavy (non-hydrogen) atoms. The first-order chi connectivity index (χ1) is 6.47. The van der Waals surface area contributed by atoms with E-state index in [0.29, 0.717) is 26.1 Å². The van der Waals surface area contributed by atoms with Gasteiger partial charge in [-0.25, -0.2) is 0 Å². The number of aliphatic hydroxyl groups is 1. The lowest BCUT2D eigenvalue weighted by molar-refractivity contribution is -0.166. The van der Waals surface area contributed by atoms with Crippen LogP contribution in [0.5, 0.6) is 0 Å². The molecule has 0 aromatic carbocycles. The fourth-order valence-corrected chi connectivity index (χ4v) is 1.98. The van der Waals surface area contributed by atoms with Crippen molar-refractivity contribution in [3.63, 3.8) is 0 Å². The first-order valence-electron chi connectivity index (χ1n) is 5.42. The average Bonchev–Trinajstić information content (AvgIpc) is 2.01. The number of rotatable bonds is 4. The first-order valence-corrected chi connectivity index (χ1v) is 5.42. The lowest BCUT2D eigenvalue weighted by Crippen LogP contribution is -2.48. The van der Waals surface area contributed by atoms with Crippen molar-refractivity contribution in [1.29, 1.82) is 0 Å². The molecule has 1 unspecified atom stereocenters. The van der Waals surface area contributed by atoms with Gasteiger partial charge in [-0.1, -0.05) is 6.92 Å². The molecular weight excluding hydrogens is 180 g/mol. The van der Waals surface area contributed by atoms with Gasteiger partial charge in [0.2, 0.25) is 0 Å². The lowest BCUT2D eigenvalue weighted by Gasteiger charge is -2.41. The molecule has 1 atom stereocenters. The van der Waals surface area contributed by atoms with E-state index >= 15 is 0 Å². The largest absolute Gasteiger partial charge is 0.387 e. The molecule has 0 saturated carbocycles. The molecule has 0 aliphatic carbocycles. The molecule has 0 bridgehead atoms. The Bertz CT molecular complexity index is 179. The second kappa shape index (κ2) is 4.60. The lowest BCUT2D eigenvalue weighted by atomic mass is 9.85. The van der Waals surface area contributed by atoms with Crippen molar-refractivity contribution in [1.82, 2.24) is 0 Å².